The molecule has 14 nitrogen and oxygen atoms in total. The summed E-state index contributed by atoms with van der Waals surface area (Å²) in [6, 6.07) is 8.84. The van der Waals surface area contributed by atoms with Crippen LogP contribution < -0.4 is 32.2 Å². The van der Waals surface area contributed by atoms with Crippen molar-refractivity contribution in [3.63, 3.8) is 0 Å². The third-order valence-electron chi connectivity index (χ3n) is 3.04. The number of carbonyl (C=O) groups excluding carboxylic acids is 1. The third kappa shape index (κ3) is 7.12. The molecule has 7 N–H and O–H groups in total. The zero-order chi connectivity index (χ0) is 22.1. The normalized spacial score (nSPS) is 10.2. The highest BCUT2D eigenvalue weighted by molar-refractivity contribution is 5.75. The molecular weight excluding hydrogens is 406 g/mol. The Balaban J connectivity index is 2.13. The van der Waals surface area contributed by atoms with Gasteiger partial charge >= 0.3 is 12.3 Å². The second kappa shape index (κ2) is 10.4. The van der Waals surface area contributed by atoms with E-state index in [0.717, 1.165) is 5.06 Å². The van der Waals surface area contributed by atoms with Gasteiger partial charge < -0.3 is 36.4 Å². The van der Waals surface area contributed by atoms with E-state index < -0.39 is 12.3 Å². The largest absolute Gasteiger partial charge is 0.550 e. The Bertz CT molecular complexity index is 893. The van der Waals surface area contributed by atoms with E-state index >= 15 is 0 Å². The molecule has 2 aromatic rings. The molecule has 0 aliphatic rings. The van der Waals surface area contributed by atoms with Gasteiger partial charge in [0.25, 0.3) is 0 Å². The summed E-state index contributed by atoms with van der Waals surface area (Å²) in [6.07, 6.45) is -2.77. The van der Waals surface area contributed by atoms with Crippen molar-refractivity contribution < 1.29 is 44.0 Å². The SMILES string of the molecule is CN(C)OC(=O)ONOc1ccc(N)cc1Nc1cc(N)ccc1OOOC(=O)O. The van der Waals surface area contributed by atoms with Crippen LogP contribution in [0.25, 0.3) is 0 Å². The van der Waals surface area contributed by atoms with E-state index in [1.807, 2.05) is 5.64 Å². The van der Waals surface area contributed by atoms with Crippen LogP contribution in [0.15, 0.2) is 36.4 Å². The predicted molar refractivity (Wildman–Crippen MR) is 101 cm³/mol. The van der Waals surface area contributed by atoms with Crippen molar-refractivity contribution in [2.45, 2.75) is 0 Å². The Morgan fingerprint density at radius 1 is 1.00 bits per heavy atom. The molecule has 2 aromatic carbocycles. The van der Waals surface area contributed by atoms with Crippen LogP contribution in [0.3, 0.4) is 0 Å². The Hall–Kier alpha value is -4.14. The lowest BCUT2D eigenvalue weighted by Crippen LogP contribution is -2.28. The van der Waals surface area contributed by atoms with Crippen molar-refractivity contribution in [3.05, 3.63) is 36.4 Å². The third-order valence-corrected chi connectivity index (χ3v) is 3.04. The molecule has 2 rings (SSSR count). The van der Waals surface area contributed by atoms with Crippen LogP contribution in [0.5, 0.6) is 11.5 Å². The first kappa shape index (κ1) is 22.2. The Morgan fingerprint density at radius 2 is 1.60 bits per heavy atom. The zero-order valence-corrected chi connectivity index (χ0v) is 15.8. The molecule has 0 aromatic heterocycles. The van der Waals surface area contributed by atoms with Crippen LogP contribution in [-0.2, 0) is 19.6 Å². The monoisotopic (exact) mass is 425 g/mol. The summed E-state index contributed by atoms with van der Waals surface area (Å²) in [5.74, 6) is 0.176. The van der Waals surface area contributed by atoms with Gasteiger partial charge in [0, 0.05) is 36.2 Å². The van der Waals surface area contributed by atoms with Gasteiger partial charge in [-0.15, -0.1) is 5.06 Å². The van der Waals surface area contributed by atoms with Gasteiger partial charge in [0.15, 0.2) is 11.5 Å². The number of nitrogen functional groups attached to an aromatic ring is 2. The standard InChI is InChI=1S/C16H19N5O9/c1-21(2)27-16(24)26-20-25-13-5-3-9(17)7-11(13)19-12-8-10(18)4-6-14(12)28-30-29-15(22)23/h3-8,19-20H,17-18H2,1-2H3,(H,22,23). The van der Waals surface area contributed by atoms with Crippen molar-refractivity contribution in [1.29, 1.82) is 0 Å². The zero-order valence-electron chi connectivity index (χ0n) is 15.8. The number of carboxylic acid groups (broad SMARTS) is 1. The fourth-order valence-electron chi connectivity index (χ4n) is 1.95. The maximum absolute atomic E-state index is 11.3. The number of hydrogen-bond acceptors (Lipinski definition) is 13. The molecule has 0 saturated heterocycles. The van der Waals surface area contributed by atoms with Crippen molar-refractivity contribution in [2.75, 3.05) is 30.9 Å². The Labute approximate surface area is 169 Å². The number of anilines is 4. The Morgan fingerprint density at radius 3 is 2.20 bits per heavy atom. The van der Waals surface area contributed by atoms with Gasteiger partial charge in [0.2, 0.25) is 0 Å². The molecule has 0 radical (unpaired) electrons. The summed E-state index contributed by atoms with van der Waals surface area (Å²) in [7, 11) is 2.97. The molecule has 0 aliphatic heterocycles. The van der Waals surface area contributed by atoms with E-state index in [1.54, 1.807) is 0 Å². The van der Waals surface area contributed by atoms with E-state index in [0.29, 0.717) is 17.1 Å². The molecular formula is C16H19N5O9. The van der Waals surface area contributed by atoms with E-state index in [4.69, 9.17) is 26.3 Å². The predicted octanol–water partition coefficient (Wildman–Crippen LogP) is 1.94. The molecule has 14 heteroatoms. The van der Waals surface area contributed by atoms with Gasteiger partial charge in [-0.3, -0.25) is 4.89 Å². The number of benzene rings is 2. The van der Waals surface area contributed by atoms with Gasteiger partial charge in [-0.2, -0.15) is 4.79 Å². The summed E-state index contributed by atoms with van der Waals surface area (Å²) in [6.45, 7) is 0. The fraction of sp³-hybridized carbons (Fsp3) is 0.125. The molecule has 0 unspecified atom stereocenters. The second-order valence-corrected chi connectivity index (χ2v) is 5.58. The highest BCUT2D eigenvalue weighted by atomic mass is 17.5. The van der Waals surface area contributed by atoms with Crippen molar-refractivity contribution in [1.82, 2.24) is 10.7 Å². The van der Waals surface area contributed by atoms with E-state index in [9.17, 15) is 9.59 Å². The quantitative estimate of drug-likeness (QED) is 0.222. The smallest absolute Gasteiger partial charge is 0.448 e. The molecule has 0 heterocycles. The average molecular weight is 425 g/mol. The maximum Gasteiger partial charge on any atom is 0.550 e. The van der Waals surface area contributed by atoms with Crippen LogP contribution in [0, 0.1) is 0 Å². The van der Waals surface area contributed by atoms with Crippen LogP contribution in [-0.4, -0.2) is 36.6 Å². The maximum atomic E-state index is 11.3. The molecule has 0 aliphatic carbocycles. The number of rotatable bonds is 9. The number of hydroxylamine groups is 2. The fourth-order valence-corrected chi connectivity index (χ4v) is 1.95. The number of nitrogens with two attached hydrogens (primary N) is 2. The first-order chi connectivity index (χ1) is 14.2. The van der Waals surface area contributed by atoms with E-state index in [1.165, 1.54) is 50.5 Å². The van der Waals surface area contributed by atoms with Gasteiger partial charge in [0.1, 0.15) is 0 Å². The van der Waals surface area contributed by atoms with Gasteiger partial charge in [-0.25, -0.2) is 9.68 Å². The minimum Gasteiger partial charge on any atom is -0.448 e. The van der Waals surface area contributed by atoms with Gasteiger partial charge in [0.05, 0.1) is 11.4 Å². The average Bonchev–Trinajstić information content (AvgIpc) is 2.64. The number of nitrogens with one attached hydrogen (secondary N) is 2. The lowest BCUT2D eigenvalue weighted by molar-refractivity contribution is -0.434. The van der Waals surface area contributed by atoms with Crippen molar-refractivity contribution in [3.8, 4) is 11.5 Å². The Kier molecular flexibility index (Phi) is 7.69. The number of nitrogens with zero attached hydrogens (tertiary/aromatic N) is 1. The van der Waals surface area contributed by atoms with E-state index in [2.05, 4.69) is 24.9 Å². The lowest BCUT2D eigenvalue weighted by atomic mass is 10.2. The molecule has 0 bridgehead atoms. The number of hydrogen-bond donors (Lipinski definition) is 5. The molecule has 0 atom stereocenters. The summed E-state index contributed by atoms with van der Waals surface area (Å²) in [4.78, 5) is 44.7. The molecule has 0 amide bonds. The molecule has 0 saturated carbocycles. The van der Waals surface area contributed by atoms with Crippen molar-refractivity contribution >= 4 is 35.1 Å². The molecule has 0 spiro atoms. The second-order valence-electron chi connectivity index (χ2n) is 5.58. The molecule has 162 valence electrons. The highest BCUT2D eigenvalue weighted by Crippen LogP contribution is 2.35. The highest BCUT2D eigenvalue weighted by Gasteiger charge is 2.13. The van der Waals surface area contributed by atoms with Gasteiger partial charge in [-0.05, 0) is 36.4 Å². The lowest BCUT2D eigenvalue weighted by Gasteiger charge is -2.16. The van der Waals surface area contributed by atoms with Gasteiger partial charge in [-0.1, -0.05) is 0 Å². The topological polar surface area (TPSA) is 189 Å². The van der Waals surface area contributed by atoms with Crippen LogP contribution in [0.2, 0.25) is 0 Å². The first-order valence-corrected chi connectivity index (χ1v) is 8.02. The minimum absolute atomic E-state index is 0.0256. The van der Waals surface area contributed by atoms with Crippen LogP contribution in [0.4, 0.5) is 32.3 Å². The summed E-state index contributed by atoms with van der Waals surface area (Å²) in [5, 5.41) is 16.6. The molecule has 30 heavy (non-hydrogen) atoms. The summed E-state index contributed by atoms with van der Waals surface area (Å²) < 4.78 is 0. The van der Waals surface area contributed by atoms with Crippen molar-refractivity contribution in [2.24, 2.45) is 0 Å². The van der Waals surface area contributed by atoms with E-state index in [-0.39, 0.29) is 17.2 Å². The first-order valence-electron chi connectivity index (χ1n) is 8.02. The summed E-state index contributed by atoms with van der Waals surface area (Å²) >= 11 is 0. The van der Waals surface area contributed by atoms with Crippen LogP contribution in [0.1, 0.15) is 0 Å². The summed E-state index contributed by atoms with van der Waals surface area (Å²) in [5.41, 5.74) is 14.8. The molecule has 0 fully saturated rings. The van der Waals surface area contributed by atoms with Crippen LogP contribution >= 0.6 is 0 Å². The minimum atomic E-state index is -1.70. The number of carbonyl (C=O) groups is 2.